The van der Waals surface area contributed by atoms with Crippen molar-refractivity contribution in [1.29, 1.82) is 5.26 Å². The summed E-state index contributed by atoms with van der Waals surface area (Å²) in [6, 6.07) is 0. The van der Waals surface area contributed by atoms with Crippen LogP contribution >= 0.6 is 11.6 Å². The van der Waals surface area contributed by atoms with Crippen molar-refractivity contribution in [3.63, 3.8) is 0 Å². The van der Waals surface area contributed by atoms with Gasteiger partial charge in [0.2, 0.25) is 6.19 Å². The van der Waals surface area contributed by atoms with Gasteiger partial charge in [0, 0.05) is 10.8 Å². The summed E-state index contributed by atoms with van der Waals surface area (Å²) in [5.74, 6) is -0.0951. The summed E-state index contributed by atoms with van der Waals surface area (Å²) in [6.45, 7) is 13.0. The number of aliphatic imine (C=N–C) groups is 1. The summed E-state index contributed by atoms with van der Waals surface area (Å²) in [6.07, 6.45) is 5.51. The molecule has 0 aliphatic rings. The number of Topliss-reactive ketones (excluding diaryl/α,β-unsaturated/α-hetero) is 1. The van der Waals surface area contributed by atoms with E-state index >= 15 is 0 Å². The molecule has 0 N–H and O–H groups in total. The van der Waals surface area contributed by atoms with Gasteiger partial charge in [-0.25, -0.2) is 0 Å². The Balaban J connectivity index is 5.08. The van der Waals surface area contributed by atoms with E-state index in [0.29, 0.717) is 12.1 Å². The van der Waals surface area contributed by atoms with Crippen molar-refractivity contribution in [2.75, 3.05) is 0 Å². The predicted octanol–water partition coefficient (Wildman–Crippen LogP) is 4.25. The van der Waals surface area contributed by atoms with Crippen LogP contribution in [0.25, 0.3) is 0 Å². The first kappa shape index (κ1) is 17.6. The average molecular weight is 281 g/mol. The number of carbonyl (C=O) groups is 1. The third-order valence-electron chi connectivity index (χ3n) is 2.75. The molecule has 0 saturated heterocycles. The van der Waals surface area contributed by atoms with E-state index in [2.05, 4.69) is 11.6 Å². The smallest absolute Gasteiger partial charge is 0.205 e. The maximum atomic E-state index is 11.9. The SMILES string of the molecule is C=CC(=NC#N)C(C)(C)C/C=C(\Cl)C(=O)C(C)(C)C. The Morgan fingerprint density at radius 2 is 1.89 bits per heavy atom. The minimum atomic E-state index is -0.500. The lowest BCUT2D eigenvalue weighted by Crippen LogP contribution is -2.23. The molecule has 0 aromatic carbocycles. The molecule has 19 heavy (non-hydrogen) atoms. The van der Waals surface area contributed by atoms with Crippen LogP contribution < -0.4 is 0 Å². The lowest BCUT2D eigenvalue weighted by Gasteiger charge is -2.23. The van der Waals surface area contributed by atoms with Gasteiger partial charge in [0.25, 0.3) is 0 Å². The van der Waals surface area contributed by atoms with E-state index in [9.17, 15) is 4.79 Å². The van der Waals surface area contributed by atoms with Crippen LogP contribution in [0.15, 0.2) is 28.8 Å². The molecular weight excluding hydrogens is 260 g/mol. The van der Waals surface area contributed by atoms with Crippen LogP contribution in [0.5, 0.6) is 0 Å². The van der Waals surface area contributed by atoms with E-state index in [0.717, 1.165) is 0 Å². The van der Waals surface area contributed by atoms with Crippen molar-refractivity contribution in [1.82, 2.24) is 0 Å². The number of hydrogen-bond acceptors (Lipinski definition) is 3. The van der Waals surface area contributed by atoms with Crippen LogP contribution in [-0.2, 0) is 4.79 Å². The number of carbonyl (C=O) groups excluding carboxylic acids is 1. The summed E-state index contributed by atoms with van der Waals surface area (Å²) in [5.41, 5.74) is -0.311. The van der Waals surface area contributed by atoms with Crippen molar-refractivity contribution in [3.8, 4) is 6.19 Å². The molecule has 0 aromatic rings. The van der Waals surface area contributed by atoms with Gasteiger partial charge in [-0.3, -0.25) is 4.79 Å². The fourth-order valence-corrected chi connectivity index (χ4v) is 1.79. The molecule has 4 heteroatoms. The standard InChI is InChI=1S/C15H21ClN2O/c1-7-12(18-10-17)15(5,6)9-8-11(16)13(19)14(2,3)4/h7-8H,1,9H2,2-6H3/b11-8-,18-12?. The molecule has 0 fully saturated rings. The minimum Gasteiger partial charge on any atom is -0.293 e. The van der Waals surface area contributed by atoms with E-state index < -0.39 is 10.8 Å². The lowest BCUT2D eigenvalue weighted by molar-refractivity contribution is -0.121. The first-order valence-corrected chi connectivity index (χ1v) is 6.44. The van der Waals surface area contributed by atoms with E-state index in [1.165, 1.54) is 0 Å². The van der Waals surface area contributed by atoms with Crippen molar-refractivity contribution in [2.45, 2.75) is 41.0 Å². The zero-order valence-electron chi connectivity index (χ0n) is 12.2. The predicted molar refractivity (Wildman–Crippen MR) is 80.0 cm³/mol. The molecule has 0 heterocycles. The van der Waals surface area contributed by atoms with Crippen LogP contribution in [0.3, 0.4) is 0 Å². The molecule has 0 unspecified atom stereocenters. The highest BCUT2D eigenvalue weighted by Gasteiger charge is 2.26. The minimum absolute atomic E-state index is 0.0951. The Labute approximate surface area is 120 Å². The Kier molecular flexibility index (Phi) is 6.18. The van der Waals surface area contributed by atoms with E-state index in [1.54, 1.807) is 18.3 Å². The van der Waals surface area contributed by atoms with Gasteiger partial charge in [0.05, 0.1) is 10.7 Å². The Morgan fingerprint density at radius 3 is 2.26 bits per heavy atom. The maximum Gasteiger partial charge on any atom is 0.205 e. The van der Waals surface area contributed by atoms with Crippen molar-refractivity contribution < 1.29 is 4.79 Å². The van der Waals surface area contributed by atoms with Gasteiger partial charge in [0.15, 0.2) is 5.78 Å². The lowest BCUT2D eigenvalue weighted by atomic mass is 9.82. The summed E-state index contributed by atoms with van der Waals surface area (Å²) >= 11 is 6.03. The zero-order chi connectivity index (χ0) is 15.3. The molecule has 0 spiro atoms. The number of ketones is 1. The molecule has 0 aliphatic carbocycles. The number of nitrogens with zero attached hydrogens (tertiary/aromatic N) is 2. The number of rotatable bonds is 5. The third-order valence-corrected chi connectivity index (χ3v) is 3.07. The number of allylic oxidation sites excluding steroid dienone is 3. The maximum absolute atomic E-state index is 11.9. The second kappa shape index (κ2) is 6.68. The number of nitriles is 1. The largest absolute Gasteiger partial charge is 0.293 e. The highest BCUT2D eigenvalue weighted by atomic mass is 35.5. The van der Waals surface area contributed by atoms with E-state index in [-0.39, 0.29) is 10.8 Å². The third kappa shape index (κ3) is 5.40. The number of hydrogen-bond donors (Lipinski definition) is 0. The van der Waals surface area contributed by atoms with Gasteiger partial charge in [-0.15, -0.1) is 0 Å². The van der Waals surface area contributed by atoms with Crippen molar-refractivity contribution >= 4 is 23.1 Å². The highest BCUT2D eigenvalue weighted by Crippen LogP contribution is 2.28. The number of halogens is 1. The van der Waals surface area contributed by atoms with Crippen molar-refractivity contribution in [2.24, 2.45) is 15.8 Å². The average Bonchev–Trinajstić information content (AvgIpc) is 2.30. The van der Waals surface area contributed by atoms with Crippen molar-refractivity contribution in [3.05, 3.63) is 23.8 Å². The van der Waals surface area contributed by atoms with Gasteiger partial charge < -0.3 is 0 Å². The molecule has 0 bridgehead atoms. The van der Waals surface area contributed by atoms with Gasteiger partial charge in [-0.2, -0.15) is 10.3 Å². The Morgan fingerprint density at radius 1 is 1.37 bits per heavy atom. The van der Waals surface area contributed by atoms with E-state index in [4.69, 9.17) is 16.9 Å². The molecule has 0 radical (unpaired) electrons. The van der Waals surface area contributed by atoms with Crippen LogP contribution in [-0.4, -0.2) is 11.5 Å². The Bertz CT molecular complexity index is 460. The van der Waals surface area contributed by atoms with Crippen LogP contribution in [0, 0.1) is 22.3 Å². The first-order chi connectivity index (χ1) is 8.56. The van der Waals surface area contributed by atoms with Crippen LogP contribution in [0.2, 0.25) is 0 Å². The topological polar surface area (TPSA) is 53.2 Å². The van der Waals surface area contributed by atoms with Gasteiger partial charge in [0.1, 0.15) is 0 Å². The quantitative estimate of drug-likeness (QED) is 0.429. The normalized spacial score (nSPS) is 13.9. The van der Waals surface area contributed by atoms with Crippen LogP contribution in [0.1, 0.15) is 41.0 Å². The molecule has 0 atom stereocenters. The Hall–Kier alpha value is -1.40. The molecule has 0 aromatic heterocycles. The monoisotopic (exact) mass is 280 g/mol. The van der Waals surface area contributed by atoms with Gasteiger partial charge in [-0.1, -0.05) is 58.9 Å². The van der Waals surface area contributed by atoms with Gasteiger partial charge >= 0.3 is 0 Å². The molecule has 104 valence electrons. The zero-order valence-corrected chi connectivity index (χ0v) is 13.0. The molecule has 3 nitrogen and oxygen atoms in total. The molecule has 0 aliphatic heterocycles. The summed E-state index contributed by atoms with van der Waals surface area (Å²) in [7, 11) is 0. The summed E-state index contributed by atoms with van der Waals surface area (Å²) in [4.78, 5) is 15.7. The summed E-state index contributed by atoms with van der Waals surface area (Å²) in [5, 5.41) is 8.85. The second-order valence-electron chi connectivity index (χ2n) is 6.02. The summed E-state index contributed by atoms with van der Waals surface area (Å²) < 4.78 is 0. The van der Waals surface area contributed by atoms with Gasteiger partial charge in [-0.05, 0) is 12.5 Å². The van der Waals surface area contributed by atoms with E-state index in [1.807, 2.05) is 34.6 Å². The molecule has 0 amide bonds. The fraction of sp³-hybridized carbons (Fsp3) is 0.533. The molecule has 0 saturated carbocycles. The molecule has 0 rings (SSSR count). The fourth-order valence-electron chi connectivity index (χ4n) is 1.43. The van der Waals surface area contributed by atoms with Crippen LogP contribution in [0.4, 0.5) is 0 Å². The highest BCUT2D eigenvalue weighted by molar-refractivity contribution is 6.43. The first-order valence-electron chi connectivity index (χ1n) is 6.06. The second-order valence-corrected chi connectivity index (χ2v) is 6.43. The molecular formula is C15H21ClN2O.